The zero-order chi connectivity index (χ0) is 19.6. The minimum absolute atomic E-state index is 0.462. The van der Waals surface area contributed by atoms with Gasteiger partial charge in [0.2, 0.25) is 0 Å². The van der Waals surface area contributed by atoms with Crippen molar-refractivity contribution in [1.82, 2.24) is 13.5 Å². The van der Waals surface area contributed by atoms with E-state index in [2.05, 4.69) is 17.0 Å². The first-order valence-electron chi connectivity index (χ1n) is 9.60. The second-order valence-electron chi connectivity index (χ2n) is 7.34. The van der Waals surface area contributed by atoms with Crippen LogP contribution in [-0.2, 0) is 29.7 Å². The van der Waals surface area contributed by atoms with Gasteiger partial charge in [-0.15, -0.1) is 0 Å². The van der Waals surface area contributed by atoms with Gasteiger partial charge >= 0.3 is 0 Å². The van der Waals surface area contributed by atoms with Crippen LogP contribution in [0, 0.1) is 11.3 Å². The van der Waals surface area contributed by atoms with Crippen molar-refractivity contribution in [3.8, 4) is 6.07 Å². The molecule has 28 heavy (non-hydrogen) atoms. The molecule has 7 heteroatoms. The molecule has 0 bridgehead atoms. The smallest absolute Gasteiger partial charge is 0.282 e. The molecule has 0 spiro atoms. The molecule has 0 radical (unpaired) electrons. The van der Waals surface area contributed by atoms with Crippen LogP contribution in [0.25, 0.3) is 0 Å². The number of rotatable bonds is 4. The summed E-state index contributed by atoms with van der Waals surface area (Å²) in [7, 11) is -3.43. The van der Waals surface area contributed by atoms with E-state index in [1.54, 1.807) is 8.61 Å². The maximum Gasteiger partial charge on any atom is 0.282 e. The zero-order valence-electron chi connectivity index (χ0n) is 15.8. The molecule has 146 valence electrons. The van der Waals surface area contributed by atoms with Gasteiger partial charge in [-0.2, -0.15) is 22.3 Å². The van der Waals surface area contributed by atoms with E-state index in [9.17, 15) is 8.42 Å². The van der Waals surface area contributed by atoms with E-state index >= 15 is 0 Å². The number of hydrogen-bond donors (Lipinski definition) is 0. The normalized spacial score (nSPS) is 19.1. The molecule has 2 aliphatic rings. The van der Waals surface area contributed by atoms with Crippen molar-refractivity contribution in [3.63, 3.8) is 0 Å². The second kappa shape index (κ2) is 8.02. The number of nitriles is 1. The minimum atomic E-state index is -3.43. The largest absolute Gasteiger partial charge is 0.296 e. The van der Waals surface area contributed by atoms with Crippen LogP contribution in [0.1, 0.15) is 22.3 Å². The fourth-order valence-electron chi connectivity index (χ4n) is 3.89. The van der Waals surface area contributed by atoms with Gasteiger partial charge < -0.3 is 0 Å². The van der Waals surface area contributed by atoms with Crippen LogP contribution in [0.15, 0.2) is 48.5 Å². The van der Waals surface area contributed by atoms with E-state index in [4.69, 9.17) is 5.26 Å². The van der Waals surface area contributed by atoms with Gasteiger partial charge in [0.1, 0.15) is 0 Å². The van der Waals surface area contributed by atoms with Crippen molar-refractivity contribution in [2.75, 3.05) is 32.7 Å². The Labute approximate surface area is 166 Å². The van der Waals surface area contributed by atoms with Crippen molar-refractivity contribution in [2.24, 2.45) is 0 Å². The molecular weight excluding hydrogens is 372 g/mol. The SMILES string of the molecule is N#Cc1ccc(CN2CCN(S(=O)(=O)N3CCc4ccccc4C3)CC2)cc1. The van der Waals surface area contributed by atoms with Gasteiger partial charge in [-0.25, -0.2) is 0 Å². The Bertz CT molecular complexity index is 974. The van der Waals surface area contributed by atoms with Gasteiger partial charge in [-0.05, 0) is 35.2 Å². The molecule has 2 aromatic carbocycles. The van der Waals surface area contributed by atoms with E-state index in [1.807, 2.05) is 42.5 Å². The van der Waals surface area contributed by atoms with Gasteiger partial charge in [0.05, 0.1) is 11.6 Å². The van der Waals surface area contributed by atoms with Crippen LogP contribution in [-0.4, -0.2) is 54.7 Å². The molecule has 0 atom stereocenters. The Morgan fingerprint density at radius 1 is 0.857 bits per heavy atom. The lowest BCUT2D eigenvalue weighted by atomic mass is 10.0. The van der Waals surface area contributed by atoms with Crippen molar-refractivity contribution in [2.45, 2.75) is 19.5 Å². The van der Waals surface area contributed by atoms with Crippen LogP contribution in [0.5, 0.6) is 0 Å². The molecule has 2 heterocycles. The summed E-state index contributed by atoms with van der Waals surface area (Å²) in [6.45, 7) is 4.23. The Balaban J connectivity index is 1.36. The Kier molecular flexibility index (Phi) is 5.47. The highest BCUT2D eigenvalue weighted by Crippen LogP contribution is 2.23. The molecule has 6 nitrogen and oxygen atoms in total. The molecule has 0 saturated carbocycles. The molecule has 2 aromatic rings. The van der Waals surface area contributed by atoms with Gasteiger partial charge in [0.15, 0.2) is 0 Å². The summed E-state index contributed by atoms with van der Waals surface area (Å²) in [6, 6.07) is 17.8. The molecule has 4 rings (SSSR count). The number of piperazine rings is 1. The predicted molar refractivity (Wildman–Crippen MR) is 107 cm³/mol. The van der Waals surface area contributed by atoms with E-state index in [1.165, 1.54) is 5.56 Å². The lowest BCUT2D eigenvalue weighted by Crippen LogP contribution is -2.53. The fraction of sp³-hybridized carbons (Fsp3) is 0.381. The number of hydrogen-bond acceptors (Lipinski definition) is 4. The molecule has 0 unspecified atom stereocenters. The van der Waals surface area contributed by atoms with Crippen LogP contribution >= 0.6 is 0 Å². The van der Waals surface area contributed by atoms with Crippen LogP contribution in [0.4, 0.5) is 0 Å². The van der Waals surface area contributed by atoms with E-state index in [0.717, 1.165) is 24.1 Å². The molecular formula is C21H24N4O2S. The van der Waals surface area contributed by atoms with Crippen LogP contribution in [0.2, 0.25) is 0 Å². The van der Waals surface area contributed by atoms with Gasteiger partial charge in [0.25, 0.3) is 10.2 Å². The highest BCUT2D eigenvalue weighted by molar-refractivity contribution is 7.86. The first-order chi connectivity index (χ1) is 13.6. The van der Waals surface area contributed by atoms with Crippen molar-refractivity contribution in [3.05, 3.63) is 70.8 Å². The summed E-state index contributed by atoms with van der Waals surface area (Å²) >= 11 is 0. The molecule has 0 amide bonds. The molecule has 0 aromatic heterocycles. The topological polar surface area (TPSA) is 67.6 Å². The molecule has 0 aliphatic carbocycles. The van der Waals surface area contributed by atoms with Crippen molar-refractivity contribution < 1.29 is 8.42 Å². The van der Waals surface area contributed by atoms with E-state index in [-0.39, 0.29) is 0 Å². The molecule has 0 N–H and O–H groups in total. The monoisotopic (exact) mass is 396 g/mol. The number of nitrogens with zero attached hydrogens (tertiary/aromatic N) is 4. The predicted octanol–water partition coefficient (Wildman–Crippen LogP) is 1.98. The standard InChI is InChI=1S/C21H24N4O2S/c22-15-18-5-7-19(8-6-18)16-23-11-13-24(14-12-23)28(26,27)25-10-9-20-3-1-2-4-21(20)17-25/h1-8H,9-14,16-17H2. The van der Waals surface area contributed by atoms with Gasteiger partial charge in [-0.3, -0.25) is 4.90 Å². The highest BCUT2D eigenvalue weighted by atomic mass is 32.2. The van der Waals surface area contributed by atoms with Gasteiger partial charge in [0, 0.05) is 45.8 Å². The maximum absolute atomic E-state index is 13.1. The van der Waals surface area contributed by atoms with Crippen LogP contribution in [0.3, 0.4) is 0 Å². The first-order valence-corrected chi connectivity index (χ1v) is 11.0. The average molecular weight is 397 g/mol. The zero-order valence-corrected chi connectivity index (χ0v) is 16.6. The number of benzene rings is 2. The molecule has 2 aliphatic heterocycles. The van der Waals surface area contributed by atoms with E-state index in [0.29, 0.717) is 44.8 Å². The third kappa shape index (κ3) is 3.96. The minimum Gasteiger partial charge on any atom is -0.296 e. The lowest BCUT2D eigenvalue weighted by Gasteiger charge is -2.38. The third-order valence-electron chi connectivity index (χ3n) is 5.57. The third-order valence-corrected chi connectivity index (χ3v) is 7.55. The Hall–Kier alpha value is -2.24. The molecule has 1 saturated heterocycles. The summed E-state index contributed by atoms with van der Waals surface area (Å²) in [5.41, 5.74) is 4.16. The van der Waals surface area contributed by atoms with Crippen molar-refractivity contribution >= 4 is 10.2 Å². The number of fused-ring (bicyclic) bond motifs is 1. The fourth-order valence-corrected chi connectivity index (χ4v) is 5.47. The molecule has 1 fully saturated rings. The average Bonchev–Trinajstić information content (AvgIpc) is 2.74. The quantitative estimate of drug-likeness (QED) is 0.793. The van der Waals surface area contributed by atoms with Gasteiger partial charge in [-0.1, -0.05) is 36.4 Å². The first kappa shape index (κ1) is 19.1. The Morgan fingerprint density at radius 3 is 2.21 bits per heavy atom. The highest BCUT2D eigenvalue weighted by Gasteiger charge is 2.34. The van der Waals surface area contributed by atoms with E-state index < -0.39 is 10.2 Å². The van der Waals surface area contributed by atoms with Crippen LogP contribution < -0.4 is 0 Å². The maximum atomic E-state index is 13.1. The summed E-state index contributed by atoms with van der Waals surface area (Å²) in [5.74, 6) is 0. The summed E-state index contributed by atoms with van der Waals surface area (Å²) in [4.78, 5) is 2.26. The van der Waals surface area contributed by atoms with Crippen molar-refractivity contribution in [1.29, 1.82) is 5.26 Å². The summed E-state index contributed by atoms with van der Waals surface area (Å²) < 4.78 is 29.4. The Morgan fingerprint density at radius 2 is 1.54 bits per heavy atom. The summed E-state index contributed by atoms with van der Waals surface area (Å²) in [5, 5.41) is 8.89. The lowest BCUT2D eigenvalue weighted by molar-refractivity contribution is 0.173. The second-order valence-corrected chi connectivity index (χ2v) is 9.27. The summed E-state index contributed by atoms with van der Waals surface area (Å²) in [6.07, 6.45) is 0.772.